The minimum atomic E-state index is 0.0658. The number of hydrogen-bond donors (Lipinski definition) is 2. The highest BCUT2D eigenvalue weighted by Gasteiger charge is 2.31. The van der Waals surface area contributed by atoms with Crippen molar-refractivity contribution in [2.75, 3.05) is 19.7 Å². The van der Waals surface area contributed by atoms with E-state index in [1.54, 1.807) is 0 Å². The Bertz CT molecular complexity index is 386. The molecule has 1 unspecified atom stereocenters. The number of hydrogen-bond acceptors (Lipinski definition) is 3. The lowest BCUT2D eigenvalue weighted by Gasteiger charge is -2.43. The molecule has 1 atom stereocenters. The van der Waals surface area contributed by atoms with Crippen molar-refractivity contribution in [1.82, 2.24) is 10.2 Å². The minimum absolute atomic E-state index is 0.0658. The van der Waals surface area contributed by atoms with Gasteiger partial charge in [0.2, 0.25) is 0 Å². The lowest BCUT2D eigenvalue weighted by atomic mass is 9.98. The number of piperazine rings is 1. The standard InChI is InChI=1S/C15H24N2O/c1-12-4-6-13(7-5-12)8-17-9-14(10-18)16-15(2,3)11-17/h4-7,14,16,18H,8-11H2,1-3H3. The summed E-state index contributed by atoms with van der Waals surface area (Å²) in [5.41, 5.74) is 2.71. The summed E-state index contributed by atoms with van der Waals surface area (Å²) in [5.74, 6) is 0. The van der Waals surface area contributed by atoms with Crippen molar-refractivity contribution in [2.45, 2.75) is 38.9 Å². The van der Waals surface area contributed by atoms with Gasteiger partial charge in [0.25, 0.3) is 0 Å². The van der Waals surface area contributed by atoms with Crippen LogP contribution in [0.4, 0.5) is 0 Å². The molecular formula is C15H24N2O. The Morgan fingerprint density at radius 3 is 2.61 bits per heavy atom. The zero-order valence-electron chi connectivity index (χ0n) is 11.6. The molecule has 0 aromatic heterocycles. The number of aryl methyl sites for hydroxylation is 1. The molecule has 1 heterocycles. The van der Waals surface area contributed by atoms with Crippen molar-refractivity contribution in [3.8, 4) is 0 Å². The molecule has 0 saturated carbocycles. The summed E-state index contributed by atoms with van der Waals surface area (Å²) in [4.78, 5) is 2.42. The molecule has 100 valence electrons. The molecule has 0 amide bonds. The second-order valence-corrected chi connectivity index (χ2v) is 6.06. The maximum atomic E-state index is 9.35. The van der Waals surface area contributed by atoms with E-state index >= 15 is 0 Å². The van der Waals surface area contributed by atoms with Gasteiger partial charge in [-0.25, -0.2) is 0 Å². The monoisotopic (exact) mass is 248 g/mol. The second-order valence-electron chi connectivity index (χ2n) is 6.06. The third-order valence-corrected chi connectivity index (χ3v) is 3.44. The SMILES string of the molecule is Cc1ccc(CN2CC(CO)NC(C)(C)C2)cc1. The molecule has 1 saturated heterocycles. The van der Waals surface area contributed by atoms with Crippen LogP contribution < -0.4 is 5.32 Å². The molecule has 3 nitrogen and oxygen atoms in total. The van der Waals surface area contributed by atoms with Gasteiger partial charge in [0.15, 0.2) is 0 Å². The maximum absolute atomic E-state index is 9.35. The molecule has 2 N–H and O–H groups in total. The van der Waals surface area contributed by atoms with Crippen LogP contribution >= 0.6 is 0 Å². The lowest BCUT2D eigenvalue weighted by Crippen LogP contribution is -2.62. The highest BCUT2D eigenvalue weighted by Crippen LogP contribution is 2.16. The van der Waals surface area contributed by atoms with E-state index in [1.165, 1.54) is 11.1 Å². The molecule has 1 fully saturated rings. The molecule has 1 aromatic carbocycles. The third-order valence-electron chi connectivity index (χ3n) is 3.44. The molecule has 0 spiro atoms. The van der Waals surface area contributed by atoms with Crippen molar-refractivity contribution in [3.63, 3.8) is 0 Å². The Kier molecular flexibility index (Phi) is 4.05. The Labute approximate surface area is 110 Å². The van der Waals surface area contributed by atoms with Gasteiger partial charge in [0, 0.05) is 31.2 Å². The van der Waals surface area contributed by atoms with Gasteiger partial charge in [-0.15, -0.1) is 0 Å². The van der Waals surface area contributed by atoms with Crippen molar-refractivity contribution in [3.05, 3.63) is 35.4 Å². The van der Waals surface area contributed by atoms with E-state index < -0.39 is 0 Å². The average molecular weight is 248 g/mol. The Morgan fingerprint density at radius 1 is 1.33 bits per heavy atom. The highest BCUT2D eigenvalue weighted by atomic mass is 16.3. The quantitative estimate of drug-likeness (QED) is 0.852. The predicted molar refractivity (Wildman–Crippen MR) is 74.5 cm³/mol. The molecule has 0 aliphatic carbocycles. The van der Waals surface area contributed by atoms with E-state index in [-0.39, 0.29) is 18.2 Å². The minimum Gasteiger partial charge on any atom is -0.395 e. The normalized spacial score (nSPS) is 24.1. The van der Waals surface area contributed by atoms with Crippen LogP contribution in [0.2, 0.25) is 0 Å². The van der Waals surface area contributed by atoms with E-state index in [0.29, 0.717) is 0 Å². The molecule has 3 heteroatoms. The Hall–Kier alpha value is -0.900. The Morgan fingerprint density at radius 2 is 2.00 bits per heavy atom. The van der Waals surface area contributed by atoms with Crippen LogP contribution in [0.5, 0.6) is 0 Å². The van der Waals surface area contributed by atoms with Crippen LogP contribution in [-0.2, 0) is 6.54 Å². The first-order valence-electron chi connectivity index (χ1n) is 6.65. The summed E-state index contributed by atoms with van der Waals surface area (Å²) < 4.78 is 0. The lowest BCUT2D eigenvalue weighted by molar-refractivity contribution is 0.0816. The smallest absolute Gasteiger partial charge is 0.0597 e. The first-order chi connectivity index (χ1) is 8.48. The average Bonchev–Trinajstić information content (AvgIpc) is 2.30. The molecule has 1 aromatic rings. The zero-order valence-corrected chi connectivity index (χ0v) is 11.6. The fourth-order valence-electron chi connectivity index (χ4n) is 2.75. The molecule has 18 heavy (non-hydrogen) atoms. The molecule has 2 rings (SSSR count). The number of rotatable bonds is 3. The fraction of sp³-hybridized carbons (Fsp3) is 0.600. The number of aliphatic hydroxyl groups excluding tert-OH is 1. The summed E-state index contributed by atoms with van der Waals surface area (Å²) in [6.45, 7) is 9.58. The molecule has 1 aliphatic rings. The van der Waals surface area contributed by atoms with Gasteiger partial charge < -0.3 is 10.4 Å². The van der Waals surface area contributed by atoms with E-state index in [2.05, 4.69) is 55.3 Å². The van der Waals surface area contributed by atoms with Gasteiger partial charge in [-0.3, -0.25) is 4.90 Å². The summed E-state index contributed by atoms with van der Waals surface area (Å²) >= 11 is 0. The summed E-state index contributed by atoms with van der Waals surface area (Å²) in [6, 6.07) is 8.88. The summed E-state index contributed by atoms with van der Waals surface area (Å²) in [6.07, 6.45) is 0. The van der Waals surface area contributed by atoms with Crippen LogP contribution in [0.3, 0.4) is 0 Å². The van der Waals surface area contributed by atoms with Crippen LogP contribution in [0.15, 0.2) is 24.3 Å². The molecule has 1 aliphatic heterocycles. The van der Waals surface area contributed by atoms with Crippen LogP contribution in [0, 0.1) is 6.92 Å². The van der Waals surface area contributed by atoms with Crippen molar-refractivity contribution >= 4 is 0 Å². The van der Waals surface area contributed by atoms with Crippen molar-refractivity contribution in [2.24, 2.45) is 0 Å². The Balaban J connectivity index is 2.02. The predicted octanol–water partition coefficient (Wildman–Crippen LogP) is 1.54. The van der Waals surface area contributed by atoms with Crippen molar-refractivity contribution in [1.29, 1.82) is 0 Å². The third kappa shape index (κ3) is 3.55. The van der Waals surface area contributed by atoms with E-state index in [4.69, 9.17) is 0 Å². The number of aliphatic hydroxyl groups is 1. The van der Waals surface area contributed by atoms with Gasteiger partial charge in [0.1, 0.15) is 0 Å². The number of benzene rings is 1. The van der Waals surface area contributed by atoms with Gasteiger partial charge in [0.05, 0.1) is 6.61 Å². The van der Waals surface area contributed by atoms with Gasteiger partial charge >= 0.3 is 0 Å². The molecule has 0 radical (unpaired) electrons. The highest BCUT2D eigenvalue weighted by molar-refractivity contribution is 5.21. The van der Waals surface area contributed by atoms with Crippen LogP contribution in [0.1, 0.15) is 25.0 Å². The van der Waals surface area contributed by atoms with E-state index in [1.807, 2.05) is 0 Å². The van der Waals surface area contributed by atoms with Gasteiger partial charge in [-0.1, -0.05) is 29.8 Å². The first-order valence-corrected chi connectivity index (χ1v) is 6.65. The van der Waals surface area contributed by atoms with Gasteiger partial charge in [-0.2, -0.15) is 0 Å². The van der Waals surface area contributed by atoms with E-state index in [9.17, 15) is 5.11 Å². The number of nitrogens with one attached hydrogen (secondary N) is 1. The summed E-state index contributed by atoms with van der Waals surface area (Å²) in [5, 5.41) is 12.8. The van der Waals surface area contributed by atoms with E-state index in [0.717, 1.165) is 19.6 Å². The molecule has 0 bridgehead atoms. The fourth-order valence-corrected chi connectivity index (χ4v) is 2.75. The first kappa shape index (κ1) is 13.5. The number of nitrogens with zero attached hydrogens (tertiary/aromatic N) is 1. The molecular weight excluding hydrogens is 224 g/mol. The summed E-state index contributed by atoms with van der Waals surface area (Å²) in [7, 11) is 0. The van der Waals surface area contributed by atoms with Crippen LogP contribution in [0.25, 0.3) is 0 Å². The largest absolute Gasteiger partial charge is 0.395 e. The van der Waals surface area contributed by atoms with Gasteiger partial charge in [-0.05, 0) is 26.3 Å². The van der Waals surface area contributed by atoms with Crippen molar-refractivity contribution < 1.29 is 5.11 Å². The maximum Gasteiger partial charge on any atom is 0.0597 e. The van der Waals surface area contributed by atoms with Crippen LogP contribution in [-0.4, -0.2) is 41.3 Å². The topological polar surface area (TPSA) is 35.5 Å². The zero-order chi connectivity index (χ0) is 13.2. The second kappa shape index (κ2) is 5.39.